The zero-order chi connectivity index (χ0) is 22.3. The first-order chi connectivity index (χ1) is 15.7. The van der Waals surface area contributed by atoms with E-state index in [0.29, 0.717) is 35.8 Å². The summed E-state index contributed by atoms with van der Waals surface area (Å²) in [6, 6.07) is 15.8. The fourth-order valence-corrected chi connectivity index (χ4v) is 3.61. The summed E-state index contributed by atoms with van der Waals surface area (Å²) in [4.78, 5) is 4.16. The largest absolute Gasteiger partial charge is 0.496 e. The van der Waals surface area contributed by atoms with Gasteiger partial charge in [-0.1, -0.05) is 36.4 Å². The van der Waals surface area contributed by atoms with Crippen molar-refractivity contribution in [2.75, 3.05) is 13.0 Å². The molecule has 0 fully saturated rings. The molecule has 1 aromatic heterocycles. The fraction of sp³-hybridized carbons (Fsp3) is 0.333. The van der Waals surface area contributed by atoms with Gasteiger partial charge in [0.1, 0.15) is 11.9 Å². The summed E-state index contributed by atoms with van der Waals surface area (Å²) in [5.74, 6) is 2.98. The first-order valence-electron chi connectivity index (χ1n) is 10.5. The number of aryl methyl sites for hydroxylation is 1. The van der Waals surface area contributed by atoms with E-state index in [4.69, 9.17) is 30.2 Å². The van der Waals surface area contributed by atoms with Gasteiger partial charge in [0.25, 0.3) is 0 Å². The minimum atomic E-state index is -0.441. The van der Waals surface area contributed by atoms with E-state index in [1.165, 1.54) is 0 Å². The Hall–Kier alpha value is -3.03. The van der Waals surface area contributed by atoms with Gasteiger partial charge in [0.15, 0.2) is 11.7 Å². The lowest BCUT2D eigenvalue weighted by Crippen LogP contribution is -2.25. The van der Waals surface area contributed by atoms with Crippen molar-refractivity contribution >= 4 is 17.5 Å². The van der Waals surface area contributed by atoms with Crippen molar-refractivity contribution in [2.24, 2.45) is 5.10 Å². The molecule has 168 valence electrons. The van der Waals surface area contributed by atoms with Crippen LogP contribution >= 0.6 is 11.6 Å². The van der Waals surface area contributed by atoms with Crippen molar-refractivity contribution in [3.05, 3.63) is 71.7 Å². The smallest absolute Gasteiger partial charge is 0.237 e. The van der Waals surface area contributed by atoms with E-state index in [2.05, 4.69) is 15.5 Å². The zero-order valence-electron chi connectivity index (χ0n) is 18.1. The highest BCUT2D eigenvalue weighted by Crippen LogP contribution is 2.34. The van der Waals surface area contributed by atoms with Gasteiger partial charge in [0, 0.05) is 18.4 Å². The molecule has 1 N–H and O–H groups in total. The van der Waals surface area contributed by atoms with Crippen LogP contribution in [0.15, 0.2) is 64.2 Å². The molecule has 0 bridgehead atoms. The third kappa shape index (κ3) is 5.23. The number of benzene rings is 2. The Kier molecular flexibility index (Phi) is 7.29. The molecule has 2 atom stereocenters. The lowest BCUT2D eigenvalue weighted by Gasteiger charge is -2.19. The molecule has 1 aliphatic heterocycles. The van der Waals surface area contributed by atoms with Gasteiger partial charge in [-0.05, 0) is 30.5 Å². The summed E-state index contributed by atoms with van der Waals surface area (Å²) >= 11 is 5.92. The molecule has 1 aliphatic rings. The normalized spacial score (nSPS) is 16.2. The SMILES string of the molecule is COc1cc(C2NN=C(C(CCCCl)OCc3ccccc3)O2)ccc1-c1cnc(C)o1. The number of hydrazone groups is 1. The maximum absolute atomic E-state index is 6.12. The number of methoxy groups -OCH3 is 1. The summed E-state index contributed by atoms with van der Waals surface area (Å²) in [5, 5.41) is 4.41. The van der Waals surface area contributed by atoms with Crippen LogP contribution in [0.2, 0.25) is 0 Å². The molecule has 0 amide bonds. The van der Waals surface area contributed by atoms with Gasteiger partial charge < -0.3 is 18.6 Å². The fourth-order valence-electron chi connectivity index (χ4n) is 3.46. The minimum absolute atomic E-state index is 0.287. The first kappa shape index (κ1) is 22.2. The van der Waals surface area contributed by atoms with Gasteiger partial charge in [-0.15, -0.1) is 16.7 Å². The molecule has 2 heterocycles. The van der Waals surface area contributed by atoms with Gasteiger partial charge in [0.05, 0.1) is 25.5 Å². The number of rotatable bonds is 10. The van der Waals surface area contributed by atoms with E-state index in [0.717, 1.165) is 29.5 Å². The average molecular weight is 456 g/mol. The quantitative estimate of drug-likeness (QED) is 0.423. The van der Waals surface area contributed by atoms with Crippen molar-refractivity contribution in [2.45, 2.75) is 38.7 Å². The highest BCUT2D eigenvalue weighted by Gasteiger charge is 2.29. The Balaban J connectivity index is 1.45. The maximum Gasteiger partial charge on any atom is 0.237 e. The van der Waals surface area contributed by atoms with Crippen LogP contribution in [0.25, 0.3) is 11.3 Å². The van der Waals surface area contributed by atoms with Crippen molar-refractivity contribution in [1.82, 2.24) is 10.4 Å². The number of halogens is 1. The number of alkyl halides is 1. The number of aromatic nitrogens is 1. The second kappa shape index (κ2) is 10.5. The predicted octanol–water partition coefficient (Wildman–Crippen LogP) is 5.19. The Morgan fingerprint density at radius 3 is 2.75 bits per heavy atom. The summed E-state index contributed by atoms with van der Waals surface area (Å²) in [6.45, 7) is 2.28. The van der Waals surface area contributed by atoms with Crippen molar-refractivity contribution < 1.29 is 18.6 Å². The van der Waals surface area contributed by atoms with Crippen LogP contribution in [0.5, 0.6) is 5.75 Å². The van der Waals surface area contributed by atoms with E-state index < -0.39 is 6.23 Å². The van der Waals surface area contributed by atoms with E-state index in [-0.39, 0.29) is 6.10 Å². The van der Waals surface area contributed by atoms with Gasteiger partial charge in [-0.3, -0.25) is 5.43 Å². The lowest BCUT2D eigenvalue weighted by molar-refractivity contribution is 0.0548. The van der Waals surface area contributed by atoms with E-state index in [1.54, 1.807) is 20.2 Å². The van der Waals surface area contributed by atoms with Crippen LogP contribution in [0.4, 0.5) is 0 Å². The minimum Gasteiger partial charge on any atom is -0.496 e. The van der Waals surface area contributed by atoms with Crippen LogP contribution in [0, 0.1) is 6.92 Å². The topological polar surface area (TPSA) is 78.1 Å². The number of hydrogen-bond acceptors (Lipinski definition) is 7. The van der Waals surface area contributed by atoms with Crippen LogP contribution in [-0.4, -0.2) is 30.0 Å². The molecular formula is C24H26ClN3O4. The number of nitrogens with one attached hydrogen (secondary N) is 1. The third-order valence-electron chi connectivity index (χ3n) is 5.12. The number of oxazole rings is 1. The number of ether oxygens (including phenoxy) is 3. The van der Waals surface area contributed by atoms with Gasteiger partial charge in [0.2, 0.25) is 12.1 Å². The maximum atomic E-state index is 6.12. The molecule has 3 aromatic rings. The van der Waals surface area contributed by atoms with Gasteiger partial charge in [-0.25, -0.2) is 4.98 Å². The molecular weight excluding hydrogens is 430 g/mol. The Bertz CT molecular complexity index is 1050. The monoisotopic (exact) mass is 455 g/mol. The van der Waals surface area contributed by atoms with Gasteiger partial charge >= 0.3 is 0 Å². The van der Waals surface area contributed by atoms with Crippen molar-refractivity contribution in [1.29, 1.82) is 0 Å². The number of nitrogens with zero attached hydrogens (tertiary/aromatic N) is 2. The molecule has 4 rings (SSSR count). The summed E-state index contributed by atoms with van der Waals surface area (Å²) in [6.07, 6.45) is 2.47. The standard InChI is InChI=1S/C24H26ClN3O4/c1-16-26-14-22(31-16)19-11-10-18(13-21(19)29-2)23-27-28-24(32-23)20(9-6-12-25)30-15-17-7-4-3-5-8-17/h3-5,7-8,10-11,13-14,20,23,27H,6,9,12,15H2,1-2H3. The summed E-state index contributed by atoms with van der Waals surface area (Å²) in [7, 11) is 1.62. The van der Waals surface area contributed by atoms with E-state index in [9.17, 15) is 0 Å². The predicted molar refractivity (Wildman–Crippen MR) is 123 cm³/mol. The molecule has 0 saturated heterocycles. The molecule has 0 radical (unpaired) electrons. The highest BCUT2D eigenvalue weighted by molar-refractivity contribution is 6.17. The molecule has 7 nitrogen and oxygen atoms in total. The van der Waals surface area contributed by atoms with Crippen molar-refractivity contribution in [3.8, 4) is 17.1 Å². The molecule has 2 unspecified atom stereocenters. The number of hydrogen-bond donors (Lipinski definition) is 1. The Labute approximate surface area is 192 Å². The molecule has 32 heavy (non-hydrogen) atoms. The van der Waals surface area contributed by atoms with Gasteiger partial charge in [-0.2, -0.15) is 0 Å². The van der Waals surface area contributed by atoms with Crippen LogP contribution in [-0.2, 0) is 16.1 Å². The van der Waals surface area contributed by atoms with Crippen LogP contribution in [0.3, 0.4) is 0 Å². The second-order valence-corrected chi connectivity index (χ2v) is 7.77. The van der Waals surface area contributed by atoms with Crippen molar-refractivity contribution in [3.63, 3.8) is 0 Å². The Morgan fingerprint density at radius 2 is 2.03 bits per heavy atom. The summed E-state index contributed by atoms with van der Waals surface area (Å²) < 4.78 is 23.5. The molecule has 0 spiro atoms. The second-order valence-electron chi connectivity index (χ2n) is 7.40. The molecule has 2 aromatic carbocycles. The molecule has 0 aliphatic carbocycles. The van der Waals surface area contributed by atoms with Crippen LogP contribution < -0.4 is 10.2 Å². The zero-order valence-corrected chi connectivity index (χ0v) is 18.8. The van der Waals surface area contributed by atoms with E-state index >= 15 is 0 Å². The lowest BCUT2D eigenvalue weighted by atomic mass is 10.1. The Morgan fingerprint density at radius 1 is 1.19 bits per heavy atom. The first-order valence-corrected chi connectivity index (χ1v) is 11.0. The summed E-state index contributed by atoms with van der Waals surface area (Å²) in [5.41, 5.74) is 5.84. The highest BCUT2D eigenvalue weighted by atomic mass is 35.5. The van der Waals surface area contributed by atoms with E-state index in [1.807, 2.05) is 48.5 Å². The van der Waals surface area contributed by atoms with Crippen LogP contribution in [0.1, 0.15) is 36.1 Å². The molecule has 0 saturated carbocycles. The average Bonchev–Trinajstić information content (AvgIpc) is 3.49. The molecule has 8 heteroatoms. The third-order valence-corrected chi connectivity index (χ3v) is 5.38.